The fourth-order valence-corrected chi connectivity index (χ4v) is 1.04. The predicted molar refractivity (Wildman–Crippen MR) is 42.1 cm³/mol. The van der Waals surface area contributed by atoms with E-state index >= 15 is 0 Å². The second-order valence-electron chi connectivity index (χ2n) is 2.88. The standard InChI is InChI=1S/C8H18N/c1-5-6-8(2)7-9(3)4/h7-8H,5-6H2,1-4H3. The van der Waals surface area contributed by atoms with Gasteiger partial charge in [-0.25, -0.2) is 0 Å². The van der Waals surface area contributed by atoms with Crippen LogP contribution in [0.5, 0.6) is 0 Å². The van der Waals surface area contributed by atoms with Crippen LogP contribution in [-0.2, 0) is 0 Å². The van der Waals surface area contributed by atoms with E-state index in [4.69, 9.17) is 0 Å². The molecule has 55 valence electrons. The number of nitrogens with zero attached hydrogens (tertiary/aromatic N) is 1. The van der Waals surface area contributed by atoms with Gasteiger partial charge in [-0.15, -0.1) is 0 Å². The lowest BCUT2D eigenvalue weighted by atomic mass is 10.1. The molecular formula is C8H18N. The van der Waals surface area contributed by atoms with Crippen molar-refractivity contribution in [1.82, 2.24) is 4.90 Å². The molecule has 0 aliphatic carbocycles. The Kier molecular flexibility index (Phi) is 4.78. The highest BCUT2D eigenvalue weighted by atomic mass is 15.1. The van der Waals surface area contributed by atoms with Crippen molar-refractivity contribution in [2.24, 2.45) is 5.92 Å². The van der Waals surface area contributed by atoms with E-state index in [1.165, 1.54) is 12.8 Å². The molecule has 0 aromatic heterocycles. The second-order valence-corrected chi connectivity index (χ2v) is 2.88. The summed E-state index contributed by atoms with van der Waals surface area (Å²) in [6.45, 7) is 6.73. The lowest BCUT2D eigenvalue weighted by Crippen LogP contribution is -2.13. The molecule has 1 nitrogen and oxygen atoms in total. The average Bonchev–Trinajstić information content (AvgIpc) is 1.63. The molecular weight excluding hydrogens is 110 g/mol. The molecule has 1 radical (unpaired) electrons. The highest BCUT2D eigenvalue weighted by molar-refractivity contribution is 4.68. The van der Waals surface area contributed by atoms with Crippen molar-refractivity contribution in [2.75, 3.05) is 14.1 Å². The van der Waals surface area contributed by atoms with Crippen LogP contribution in [0.2, 0.25) is 0 Å². The summed E-state index contributed by atoms with van der Waals surface area (Å²) in [5.74, 6) is 0.741. The quantitative estimate of drug-likeness (QED) is 0.560. The Hall–Kier alpha value is -0.0400. The molecule has 1 atom stereocenters. The van der Waals surface area contributed by atoms with Crippen LogP contribution in [0.3, 0.4) is 0 Å². The van der Waals surface area contributed by atoms with E-state index in [9.17, 15) is 0 Å². The number of rotatable bonds is 4. The van der Waals surface area contributed by atoms with E-state index in [2.05, 4.69) is 39.4 Å². The van der Waals surface area contributed by atoms with Gasteiger partial charge in [0.05, 0.1) is 0 Å². The SMILES string of the molecule is CCCC(C)[CH]N(C)C. The maximum atomic E-state index is 2.25. The molecule has 0 heterocycles. The molecule has 0 aromatic rings. The van der Waals surface area contributed by atoms with Crippen molar-refractivity contribution in [2.45, 2.75) is 26.7 Å². The average molecular weight is 128 g/mol. The van der Waals surface area contributed by atoms with E-state index in [1.807, 2.05) is 0 Å². The first kappa shape index (κ1) is 8.96. The topological polar surface area (TPSA) is 3.24 Å². The van der Waals surface area contributed by atoms with Crippen LogP contribution in [0.4, 0.5) is 0 Å². The predicted octanol–water partition coefficient (Wildman–Crippen LogP) is 2.15. The van der Waals surface area contributed by atoms with Crippen LogP contribution in [0.1, 0.15) is 26.7 Å². The maximum Gasteiger partial charge on any atom is 0.0273 e. The van der Waals surface area contributed by atoms with Crippen molar-refractivity contribution in [1.29, 1.82) is 0 Å². The van der Waals surface area contributed by atoms with Crippen LogP contribution in [0.15, 0.2) is 0 Å². The minimum absolute atomic E-state index is 0.741. The largest absolute Gasteiger partial charge is 0.305 e. The molecule has 9 heavy (non-hydrogen) atoms. The summed E-state index contributed by atoms with van der Waals surface area (Å²) in [4.78, 5) is 2.13. The first-order valence-electron chi connectivity index (χ1n) is 3.68. The van der Waals surface area contributed by atoms with Crippen LogP contribution < -0.4 is 0 Å². The summed E-state index contributed by atoms with van der Waals surface area (Å²) in [7, 11) is 4.15. The van der Waals surface area contributed by atoms with Gasteiger partial charge in [0.1, 0.15) is 0 Å². The third kappa shape index (κ3) is 5.84. The minimum Gasteiger partial charge on any atom is -0.305 e. The monoisotopic (exact) mass is 128 g/mol. The molecule has 0 aliphatic heterocycles. The molecule has 0 bridgehead atoms. The van der Waals surface area contributed by atoms with Gasteiger partial charge < -0.3 is 4.90 Å². The maximum absolute atomic E-state index is 2.25. The van der Waals surface area contributed by atoms with Crippen molar-refractivity contribution in [3.8, 4) is 0 Å². The fourth-order valence-electron chi connectivity index (χ4n) is 1.04. The van der Waals surface area contributed by atoms with Crippen LogP contribution >= 0.6 is 0 Å². The summed E-state index contributed by atoms with van der Waals surface area (Å²) < 4.78 is 0. The Morgan fingerprint density at radius 1 is 1.44 bits per heavy atom. The molecule has 0 saturated carbocycles. The van der Waals surface area contributed by atoms with Crippen molar-refractivity contribution >= 4 is 0 Å². The van der Waals surface area contributed by atoms with Crippen molar-refractivity contribution in [3.63, 3.8) is 0 Å². The van der Waals surface area contributed by atoms with Crippen LogP contribution in [-0.4, -0.2) is 19.0 Å². The Labute approximate surface area is 59.1 Å². The lowest BCUT2D eigenvalue weighted by Gasteiger charge is -2.14. The third-order valence-electron chi connectivity index (χ3n) is 1.30. The Balaban J connectivity index is 3.15. The molecule has 0 rings (SSSR count). The smallest absolute Gasteiger partial charge is 0.0273 e. The summed E-state index contributed by atoms with van der Waals surface area (Å²) in [6.07, 6.45) is 2.59. The van der Waals surface area contributed by atoms with Gasteiger partial charge in [0.15, 0.2) is 0 Å². The molecule has 0 N–H and O–H groups in total. The summed E-state index contributed by atoms with van der Waals surface area (Å²) in [6, 6.07) is 0. The first-order valence-corrected chi connectivity index (χ1v) is 3.68. The van der Waals surface area contributed by atoms with Gasteiger partial charge in [0.2, 0.25) is 0 Å². The fraction of sp³-hybridized carbons (Fsp3) is 0.875. The van der Waals surface area contributed by atoms with Gasteiger partial charge in [-0.1, -0.05) is 20.3 Å². The number of hydrogen-bond donors (Lipinski definition) is 0. The van der Waals surface area contributed by atoms with Gasteiger partial charge in [0, 0.05) is 6.54 Å². The molecule has 0 amide bonds. The van der Waals surface area contributed by atoms with Gasteiger partial charge in [-0.05, 0) is 26.4 Å². The van der Waals surface area contributed by atoms with E-state index in [0.29, 0.717) is 0 Å². The van der Waals surface area contributed by atoms with Gasteiger partial charge >= 0.3 is 0 Å². The zero-order valence-corrected chi connectivity index (χ0v) is 7.02. The number of hydrogen-bond acceptors (Lipinski definition) is 1. The molecule has 0 saturated heterocycles. The molecule has 0 aromatic carbocycles. The summed E-state index contributed by atoms with van der Waals surface area (Å²) in [5, 5.41) is 0. The molecule has 0 aliphatic rings. The first-order chi connectivity index (χ1) is 4.16. The zero-order chi connectivity index (χ0) is 7.28. The van der Waals surface area contributed by atoms with Gasteiger partial charge in [0.25, 0.3) is 0 Å². The van der Waals surface area contributed by atoms with E-state index in [0.717, 1.165) is 5.92 Å². The summed E-state index contributed by atoms with van der Waals surface area (Å²) in [5.41, 5.74) is 0. The highest BCUT2D eigenvalue weighted by Crippen LogP contribution is 2.08. The molecule has 1 heteroatoms. The molecule has 0 spiro atoms. The van der Waals surface area contributed by atoms with Gasteiger partial charge in [-0.2, -0.15) is 0 Å². The molecule has 0 fully saturated rings. The molecule has 1 unspecified atom stereocenters. The minimum atomic E-state index is 0.741. The Morgan fingerprint density at radius 2 is 2.00 bits per heavy atom. The normalized spacial score (nSPS) is 14.3. The van der Waals surface area contributed by atoms with Crippen LogP contribution in [0.25, 0.3) is 0 Å². The Bertz CT molecular complexity index is 59.6. The highest BCUT2D eigenvalue weighted by Gasteiger charge is 2.00. The second kappa shape index (κ2) is 4.80. The zero-order valence-electron chi connectivity index (χ0n) is 7.02. The van der Waals surface area contributed by atoms with Crippen molar-refractivity contribution < 1.29 is 0 Å². The van der Waals surface area contributed by atoms with Gasteiger partial charge in [-0.3, -0.25) is 0 Å². The van der Waals surface area contributed by atoms with E-state index in [1.54, 1.807) is 0 Å². The van der Waals surface area contributed by atoms with E-state index < -0.39 is 0 Å². The Morgan fingerprint density at radius 3 is 2.33 bits per heavy atom. The lowest BCUT2D eigenvalue weighted by molar-refractivity contribution is 0.403. The third-order valence-corrected chi connectivity index (χ3v) is 1.30. The summed E-state index contributed by atoms with van der Waals surface area (Å²) >= 11 is 0. The van der Waals surface area contributed by atoms with E-state index in [-0.39, 0.29) is 0 Å². The van der Waals surface area contributed by atoms with Crippen LogP contribution in [0, 0.1) is 12.5 Å². The van der Waals surface area contributed by atoms with Crippen molar-refractivity contribution in [3.05, 3.63) is 6.54 Å².